The van der Waals surface area contributed by atoms with Crippen LogP contribution in [0.4, 0.5) is 0 Å². The molecule has 0 aromatic rings. The summed E-state index contributed by atoms with van der Waals surface area (Å²) in [7, 11) is -0.317. The van der Waals surface area contributed by atoms with Gasteiger partial charge < -0.3 is 20.7 Å². The first-order chi connectivity index (χ1) is 8.18. The fourth-order valence-electron chi connectivity index (χ4n) is 1.68. The maximum absolute atomic E-state index is 12.1. The number of rotatable bonds is 4. The highest BCUT2D eigenvalue weighted by molar-refractivity contribution is 7.90. The highest BCUT2D eigenvalue weighted by Gasteiger charge is 2.37. The van der Waals surface area contributed by atoms with E-state index in [-0.39, 0.29) is 12.2 Å². The maximum Gasteiger partial charge on any atom is 0.314 e. The third-order valence-electron chi connectivity index (χ3n) is 2.62. The molecule has 1 aliphatic carbocycles. The summed E-state index contributed by atoms with van der Waals surface area (Å²) in [6.07, 6.45) is 1.49. The number of aliphatic carboxylic acids is 1. The fourth-order valence-corrected chi connectivity index (χ4v) is 2.89. The molecule has 0 saturated carbocycles. The Morgan fingerprint density at radius 1 is 1.61 bits per heavy atom. The van der Waals surface area contributed by atoms with Gasteiger partial charge in [-0.2, -0.15) is 0 Å². The van der Waals surface area contributed by atoms with Crippen LogP contribution in [0, 0.1) is 5.92 Å². The molecule has 0 fully saturated rings. The zero-order chi connectivity index (χ0) is 14.1. The average Bonchev–Trinajstić information content (AvgIpc) is 2.25. The molecule has 6 nitrogen and oxygen atoms in total. The molecule has 0 aromatic heterocycles. The van der Waals surface area contributed by atoms with Gasteiger partial charge in [0.2, 0.25) is 0 Å². The average molecular weight is 276 g/mol. The second kappa shape index (κ2) is 5.21. The van der Waals surface area contributed by atoms with Gasteiger partial charge in [-0.15, -0.1) is 0 Å². The van der Waals surface area contributed by atoms with Crippen molar-refractivity contribution in [2.24, 2.45) is 5.92 Å². The van der Waals surface area contributed by atoms with Crippen LogP contribution in [-0.4, -0.2) is 32.4 Å². The van der Waals surface area contributed by atoms with E-state index in [1.54, 1.807) is 0 Å². The molecule has 2 unspecified atom stereocenters. The Morgan fingerprint density at radius 2 is 2.17 bits per heavy atom. The molecule has 0 saturated heterocycles. The number of carboxylic acids is 1. The first kappa shape index (κ1) is 14.9. The van der Waals surface area contributed by atoms with E-state index in [1.807, 2.05) is 0 Å². The lowest BCUT2D eigenvalue weighted by Crippen LogP contribution is -2.50. The zero-order valence-corrected chi connectivity index (χ0v) is 11.4. The number of allylic oxidation sites excluding steroid dienone is 2. The van der Waals surface area contributed by atoms with Crippen molar-refractivity contribution in [2.45, 2.75) is 25.2 Å². The Balaban J connectivity index is 3.18. The first-order valence-electron chi connectivity index (χ1n) is 5.36. The van der Waals surface area contributed by atoms with Crippen LogP contribution in [0.5, 0.6) is 0 Å². The Morgan fingerprint density at radius 3 is 2.56 bits per heavy atom. The third-order valence-corrected chi connectivity index (χ3v) is 4.40. The molecule has 5 N–H and O–H groups in total. The van der Waals surface area contributed by atoms with Crippen molar-refractivity contribution in [3.63, 3.8) is 0 Å². The van der Waals surface area contributed by atoms with Crippen molar-refractivity contribution in [3.05, 3.63) is 22.4 Å². The molecule has 0 spiro atoms. The summed E-state index contributed by atoms with van der Waals surface area (Å²) >= 11 is 0. The van der Waals surface area contributed by atoms with Crippen LogP contribution in [0.2, 0.25) is 0 Å². The van der Waals surface area contributed by atoms with Gasteiger partial charge in [-0.05, 0) is 13.8 Å². The van der Waals surface area contributed by atoms with Gasteiger partial charge in [-0.3, -0.25) is 9.00 Å². The van der Waals surface area contributed by atoms with Crippen LogP contribution in [0.15, 0.2) is 22.4 Å². The maximum atomic E-state index is 12.1. The largest absolute Gasteiger partial charge is 0.500 e. The fraction of sp³-hybridized carbons (Fsp3) is 0.545. The van der Waals surface area contributed by atoms with E-state index in [1.165, 1.54) is 27.0 Å². The Labute approximate surface area is 108 Å². The quantitative estimate of drug-likeness (QED) is 0.644. The number of carbonyl (C=O) groups is 1. The van der Waals surface area contributed by atoms with Crippen molar-refractivity contribution in [1.82, 2.24) is 0 Å². The van der Waals surface area contributed by atoms with Gasteiger partial charge in [-0.25, -0.2) is 0 Å². The van der Waals surface area contributed by atoms with Crippen LogP contribution in [0.25, 0.3) is 0 Å². The lowest BCUT2D eigenvalue weighted by molar-refractivity contribution is -0.296. The van der Waals surface area contributed by atoms with Crippen LogP contribution in [-0.2, 0) is 20.3 Å². The summed E-state index contributed by atoms with van der Waals surface area (Å²) in [4.78, 5) is 10.0. The Bertz CT molecular complexity index is 447. The summed E-state index contributed by atoms with van der Waals surface area (Å²) in [5, 5.41) is 18.8. The van der Waals surface area contributed by atoms with E-state index in [4.69, 9.17) is 9.84 Å². The molecule has 1 rings (SSSR count). The van der Waals surface area contributed by atoms with Gasteiger partial charge in [0.25, 0.3) is 0 Å². The molecule has 0 bridgehead atoms. The zero-order valence-electron chi connectivity index (χ0n) is 10.6. The van der Waals surface area contributed by atoms with E-state index in [9.17, 15) is 14.1 Å². The number of carboxylic acid groups (broad SMARTS) is 1. The van der Waals surface area contributed by atoms with Crippen molar-refractivity contribution in [2.75, 3.05) is 7.11 Å². The molecule has 2 atom stereocenters. The van der Waals surface area contributed by atoms with Crippen molar-refractivity contribution >= 4 is 16.8 Å². The molecule has 1 aliphatic rings. The molecule has 102 valence electrons. The summed E-state index contributed by atoms with van der Waals surface area (Å²) in [6, 6.07) is 0. The Kier molecular flexibility index (Phi) is 4.31. The second-order valence-electron chi connectivity index (χ2n) is 4.51. The Hall–Kier alpha value is -1.18. The van der Waals surface area contributed by atoms with E-state index in [0.29, 0.717) is 10.6 Å². The molecular weight excluding hydrogens is 258 g/mol. The van der Waals surface area contributed by atoms with Crippen molar-refractivity contribution < 1.29 is 29.7 Å². The second-order valence-corrected chi connectivity index (χ2v) is 6.54. The number of ether oxygens (including phenoxy) is 1. The molecular formula is C11H18NO5S+. The van der Waals surface area contributed by atoms with Gasteiger partial charge in [0.05, 0.1) is 22.8 Å². The van der Waals surface area contributed by atoms with Gasteiger partial charge in [0.15, 0.2) is 0 Å². The normalized spacial score (nSPS) is 22.5. The molecule has 0 heterocycles. The van der Waals surface area contributed by atoms with Crippen LogP contribution in [0.1, 0.15) is 20.3 Å². The summed E-state index contributed by atoms with van der Waals surface area (Å²) in [6.45, 7) is 2.82. The van der Waals surface area contributed by atoms with Gasteiger partial charge >= 0.3 is 5.97 Å². The van der Waals surface area contributed by atoms with Crippen LogP contribution >= 0.6 is 0 Å². The monoisotopic (exact) mass is 276 g/mol. The van der Waals surface area contributed by atoms with Crippen molar-refractivity contribution in [3.8, 4) is 0 Å². The predicted molar refractivity (Wildman–Crippen MR) is 65.2 cm³/mol. The lowest BCUT2D eigenvalue weighted by Gasteiger charge is -2.24. The van der Waals surface area contributed by atoms with Gasteiger partial charge in [0.1, 0.15) is 22.3 Å². The molecule has 7 heteroatoms. The van der Waals surface area contributed by atoms with Crippen LogP contribution < -0.4 is 5.73 Å². The van der Waals surface area contributed by atoms with E-state index in [2.05, 4.69) is 5.73 Å². The molecule has 0 amide bonds. The molecule has 0 aliphatic heterocycles. The van der Waals surface area contributed by atoms with E-state index < -0.39 is 27.6 Å². The van der Waals surface area contributed by atoms with Gasteiger partial charge in [-0.1, -0.05) is 0 Å². The van der Waals surface area contributed by atoms with E-state index >= 15 is 0 Å². The molecule has 18 heavy (non-hydrogen) atoms. The number of methoxy groups -OCH3 is 1. The molecule has 0 radical (unpaired) electrons. The van der Waals surface area contributed by atoms with E-state index in [0.717, 1.165) is 0 Å². The SMILES string of the molecule is COC1=CC([NH3+])=C(S(=O)C(C)(C)O)CC1C(=O)O. The third kappa shape index (κ3) is 2.98. The van der Waals surface area contributed by atoms with Gasteiger partial charge in [0, 0.05) is 12.5 Å². The number of aliphatic hydroxyl groups is 1. The highest BCUT2D eigenvalue weighted by atomic mass is 32.2. The summed E-state index contributed by atoms with van der Waals surface area (Å²) < 4.78 is 17.1. The minimum atomic E-state index is -1.70. The number of hydrogen-bond donors (Lipinski definition) is 3. The summed E-state index contributed by atoms with van der Waals surface area (Å²) in [5.74, 6) is -1.66. The topological polar surface area (TPSA) is 111 Å². The highest BCUT2D eigenvalue weighted by Crippen LogP contribution is 2.32. The standard InChI is InChI=1S/C11H17NO5S/c1-11(2,15)18(16)9-4-6(10(13)14)8(17-3)5-7(9)12/h5-6,15H,4,12H2,1-3H3,(H,13,14)/p+1. The van der Waals surface area contributed by atoms with Crippen LogP contribution in [0.3, 0.4) is 0 Å². The number of quaternary nitrogens is 1. The molecule has 0 aromatic carbocycles. The first-order valence-corrected chi connectivity index (χ1v) is 6.51. The smallest absolute Gasteiger partial charge is 0.314 e. The predicted octanol–water partition coefficient (Wildman–Crippen LogP) is -0.448. The number of hydrogen-bond acceptors (Lipinski definition) is 4. The minimum absolute atomic E-state index is 0.0322. The van der Waals surface area contributed by atoms with Crippen molar-refractivity contribution in [1.29, 1.82) is 0 Å². The minimum Gasteiger partial charge on any atom is -0.500 e. The summed E-state index contributed by atoms with van der Waals surface area (Å²) in [5.41, 5.74) is 4.17. The lowest BCUT2D eigenvalue weighted by atomic mass is 9.97.